The molecule has 0 spiro atoms. The Bertz CT molecular complexity index is 172. The molecule has 1 heterocycles. The minimum Gasteiger partial charge on any atom is -0.457 e. The maximum atomic E-state index is 11.1. The molecule has 0 aromatic heterocycles. The Hall–Kier alpha value is -0.770. The number of rotatable bonds is 1. The van der Waals surface area contributed by atoms with Crippen LogP contribution in [0.5, 0.6) is 0 Å². The highest BCUT2D eigenvalue weighted by atomic mass is 16.5. The van der Waals surface area contributed by atoms with E-state index in [4.69, 9.17) is 0 Å². The Morgan fingerprint density at radius 2 is 2.42 bits per heavy atom. The summed E-state index contributed by atoms with van der Waals surface area (Å²) in [6.45, 7) is 1.79. The summed E-state index contributed by atoms with van der Waals surface area (Å²) >= 11 is 0. The monoisotopic (exact) mass is 171 g/mol. The van der Waals surface area contributed by atoms with Gasteiger partial charge in [-0.3, -0.25) is 7.05 Å². The molecule has 1 atom stereocenters. The van der Waals surface area contributed by atoms with Gasteiger partial charge in [0.05, 0.1) is 7.11 Å². The number of likely N-dealkylation sites (tertiary alicyclic amines) is 1. The van der Waals surface area contributed by atoms with Crippen LogP contribution in [0.25, 0.3) is 0 Å². The van der Waals surface area contributed by atoms with Gasteiger partial charge in [-0.1, -0.05) is 0 Å². The van der Waals surface area contributed by atoms with Crippen LogP contribution in [-0.4, -0.2) is 49.2 Å². The highest BCUT2D eigenvalue weighted by Gasteiger charge is 2.24. The van der Waals surface area contributed by atoms with Crippen molar-refractivity contribution in [1.82, 2.24) is 9.80 Å². The summed E-state index contributed by atoms with van der Waals surface area (Å²) in [5.74, 6) is 0. The van der Waals surface area contributed by atoms with E-state index < -0.39 is 0 Å². The number of likely N-dealkylation sites (N-methyl/N-ethyl adjacent to an activating group) is 1. The Labute approximate surface area is 73.1 Å². The lowest BCUT2D eigenvalue weighted by atomic mass is 10.2. The lowest BCUT2D eigenvalue weighted by molar-refractivity contribution is 0.119. The zero-order valence-electron chi connectivity index (χ0n) is 7.62. The SMILES string of the molecule is [CH2-]N1CC[C@@H](N(C)C(=O)OC)C1. The fraction of sp³-hybridized carbons (Fsp3) is 0.750. The van der Waals surface area contributed by atoms with Crippen molar-refractivity contribution in [1.29, 1.82) is 0 Å². The molecule has 70 valence electrons. The summed E-state index contributed by atoms with van der Waals surface area (Å²) in [5.41, 5.74) is 0. The van der Waals surface area contributed by atoms with Gasteiger partial charge in [-0.05, 0) is 19.5 Å². The van der Waals surface area contributed by atoms with Crippen LogP contribution in [0.1, 0.15) is 6.42 Å². The van der Waals surface area contributed by atoms with Crippen molar-refractivity contribution in [3.63, 3.8) is 0 Å². The third kappa shape index (κ3) is 1.88. The lowest BCUT2D eigenvalue weighted by Crippen LogP contribution is -2.38. The summed E-state index contributed by atoms with van der Waals surface area (Å²) < 4.78 is 4.61. The van der Waals surface area contributed by atoms with E-state index in [1.54, 1.807) is 11.9 Å². The lowest BCUT2D eigenvalue weighted by Gasteiger charge is -2.24. The van der Waals surface area contributed by atoms with Gasteiger partial charge in [0.1, 0.15) is 0 Å². The molecule has 0 N–H and O–H groups in total. The molecule has 0 aromatic rings. The summed E-state index contributed by atoms with van der Waals surface area (Å²) in [6, 6.07) is 0.259. The molecule has 1 amide bonds. The summed E-state index contributed by atoms with van der Waals surface area (Å²) in [7, 11) is 6.97. The smallest absolute Gasteiger partial charge is 0.409 e. The molecule has 1 fully saturated rings. The van der Waals surface area contributed by atoms with Gasteiger partial charge >= 0.3 is 6.09 Å². The normalized spacial score (nSPS) is 24.1. The number of hydrogen-bond acceptors (Lipinski definition) is 3. The molecule has 0 saturated carbocycles. The number of carbonyl (C=O) groups excluding carboxylic acids is 1. The van der Waals surface area contributed by atoms with Gasteiger partial charge in [-0.2, -0.15) is 0 Å². The number of nitrogens with zero attached hydrogens (tertiary/aromatic N) is 2. The van der Waals surface area contributed by atoms with Gasteiger partial charge < -0.3 is 14.5 Å². The van der Waals surface area contributed by atoms with E-state index in [1.807, 2.05) is 4.90 Å². The second-order valence-electron chi connectivity index (χ2n) is 3.10. The van der Waals surface area contributed by atoms with Crippen molar-refractivity contribution in [2.45, 2.75) is 12.5 Å². The summed E-state index contributed by atoms with van der Waals surface area (Å²) in [4.78, 5) is 14.7. The molecule has 0 unspecified atom stereocenters. The maximum Gasteiger partial charge on any atom is 0.409 e. The van der Waals surface area contributed by atoms with Crippen LogP contribution in [0.3, 0.4) is 0 Å². The van der Waals surface area contributed by atoms with Crippen LogP contribution in [0, 0.1) is 7.05 Å². The zero-order valence-corrected chi connectivity index (χ0v) is 7.62. The average molecular weight is 171 g/mol. The quantitative estimate of drug-likeness (QED) is 0.540. The first-order valence-electron chi connectivity index (χ1n) is 4.01. The third-order valence-corrected chi connectivity index (χ3v) is 2.26. The first-order valence-corrected chi connectivity index (χ1v) is 4.01. The molecule has 12 heavy (non-hydrogen) atoms. The van der Waals surface area contributed by atoms with E-state index in [0.717, 1.165) is 19.5 Å². The van der Waals surface area contributed by atoms with Gasteiger partial charge in [-0.25, -0.2) is 4.79 Å². The van der Waals surface area contributed by atoms with Crippen LogP contribution >= 0.6 is 0 Å². The Morgan fingerprint density at radius 3 is 2.83 bits per heavy atom. The molecular formula is C8H15N2O2-. The van der Waals surface area contributed by atoms with Crippen molar-refractivity contribution < 1.29 is 9.53 Å². The second-order valence-corrected chi connectivity index (χ2v) is 3.10. The summed E-state index contributed by atoms with van der Waals surface area (Å²) in [5, 5.41) is 0. The molecule has 4 heteroatoms. The standard InChI is InChI=1S/C8H15N2O2/c1-9-5-4-7(6-9)10(2)8(11)12-3/h7H,1,4-6H2,2-3H3/q-1/t7-/m1/s1. The molecule has 1 aliphatic rings. The van der Waals surface area contributed by atoms with Crippen LogP contribution in [-0.2, 0) is 4.74 Å². The Kier molecular flexibility index (Phi) is 2.92. The first-order chi connectivity index (χ1) is 5.65. The van der Waals surface area contributed by atoms with Crippen LogP contribution < -0.4 is 0 Å². The van der Waals surface area contributed by atoms with Crippen molar-refractivity contribution in [3.8, 4) is 0 Å². The minimum absolute atomic E-state index is 0.259. The van der Waals surface area contributed by atoms with Gasteiger partial charge in [0.2, 0.25) is 0 Å². The number of hydrogen-bond donors (Lipinski definition) is 0. The Morgan fingerprint density at radius 1 is 1.75 bits per heavy atom. The van der Waals surface area contributed by atoms with Crippen LogP contribution in [0.4, 0.5) is 4.79 Å². The molecule has 0 aromatic carbocycles. The zero-order chi connectivity index (χ0) is 9.14. The van der Waals surface area contributed by atoms with E-state index in [0.29, 0.717) is 0 Å². The number of ether oxygens (including phenoxy) is 1. The number of amides is 1. The second kappa shape index (κ2) is 3.76. The van der Waals surface area contributed by atoms with Crippen LogP contribution in [0.2, 0.25) is 0 Å². The molecule has 0 radical (unpaired) electrons. The molecule has 4 nitrogen and oxygen atoms in total. The maximum absolute atomic E-state index is 11.1. The molecule has 1 rings (SSSR count). The first kappa shape index (κ1) is 9.32. The largest absolute Gasteiger partial charge is 0.457 e. The van der Waals surface area contributed by atoms with E-state index >= 15 is 0 Å². The van der Waals surface area contributed by atoms with E-state index in [-0.39, 0.29) is 12.1 Å². The van der Waals surface area contributed by atoms with Crippen molar-refractivity contribution in [2.75, 3.05) is 27.2 Å². The van der Waals surface area contributed by atoms with E-state index in [9.17, 15) is 4.79 Å². The molecule has 1 aliphatic heterocycles. The van der Waals surface area contributed by atoms with Gasteiger partial charge in [0.25, 0.3) is 0 Å². The average Bonchev–Trinajstić information content (AvgIpc) is 2.49. The number of methoxy groups -OCH3 is 1. The minimum atomic E-state index is -0.268. The predicted molar refractivity (Wildman–Crippen MR) is 45.5 cm³/mol. The highest BCUT2D eigenvalue weighted by Crippen LogP contribution is 2.13. The highest BCUT2D eigenvalue weighted by molar-refractivity contribution is 5.67. The molecule has 0 aliphatic carbocycles. The molecule has 0 bridgehead atoms. The van der Waals surface area contributed by atoms with E-state index in [2.05, 4.69) is 11.8 Å². The number of carbonyl (C=O) groups is 1. The van der Waals surface area contributed by atoms with Crippen molar-refractivity contribution >= 4 is 6.09 Å². The van der Waals surface area contributed by atoms with Crippen molar-refractivity contribution in [2.24, 2.45) is 0 Å². The predicted octanol–water partition coefficient (Wildman–Crippen LogP) is 0.550. The summed E-state index contributed by atoms with van der Waals surface area (Å²) in [6.07, 6.45) is 0.713. The van der Waals surface area contributed by atoms with Gasteiger partial charge in [0, 0.05) is 13.1 Å². The van der Waals surface area contributed by atoms with E-state index in [1.165, 1.54) is 7.11 Å². The fourth-order valence-electron chi connectivity index (χ4n) is 1.42. The third-order valence-electron chi connectivity index (χ3n) is 2.26. The topological polar surface area (TPSA) is 32.8 Å². The van der Waals surface area contributed by atoms with Crippen molar-refractivity contribution in [3.05, 3.63) is 7.05 Å². The Balaban J connectivity index is 2.42. The van der Waals surface area contributed by atoms with Crippen LogP contribution in [0.15, 0.2) is 0 Å². The molecule has 1 saturated heterocycles. The van der Waals surface area contributed by atoms with Gasteiger partial charge in [-0.15, -0.1) is 0 Å². The molecular weight excluding hydrogens is 156 g/mol. The van der Waals surface area contributed by atoms with Gasteiger partial charge in [0.15, 0.2) is 0 Å². The fourth-order valence-corrected chi connectivity index (χ4v) is 1.42.